The Balaban J connectivity index is 1.76. The molecule has 0 aromatic heterocycles. The molecule has 0 saturated carbocycles. The van der Waals surface area contributed by atoms with Gasteiger partial charge in [-0.15, -0.1) is 0 Å². The van der Waals surface area contributed by atoms with Crippen LogP contribution in [-0.4, -0.2) is 40.6 Å². The van der Waals surface area contributed by atoms with Crippen molar-refractivity contribution in [3.63, 3.8) is 0 Å². The molecule has 0 aliphatic carbocycles. The number of likely N-dealkylation sites (tertiary alicyclic amines) is 1. The summed E-state index contributed by atoms with van der Waals surface area (Å²) < 4.78 is 13.2. The van der Waals surface area contributed by atoms with E-state index in [4.69, 9.17) is 0 Å². The molecule has 5 nitrogen and oxygen atoms in total. The molecule has 0 spiro atoms. The molecule has 1 saturated heterocycles. The van der Waals surface area contributed by atoms with Crippen LogP contribution < -0.4 is 4.90 Å². The summed E-state index contributed by atoms with van der Waals surface area (Å²) in [5.41, 5.74) is 1.56. The van der Waals surface area contributed by atoms with Crippen molar-refractivity contribution < 1.29 is 13.8 Å². The summed E-state index contributed by atoms with van der Waals surface area (Å²) in [7, 11) is -1.48. The van der Waals surface area contributed by atoms with Gasteiger partial charge in [-0.1, -0.05) is 26.0 Å². The van der Waals surface area contributed by atoms with Crippen LogP contribution in [0.2, 0.25) is 0 Å². The predicted molar refractivity (Wildman–Crippen MR) is 114 cm³/mol. The molecule has 29 heavy (non-hydrogen) atoms. The van der Waals surface area contributed by atoms with Crippen LogP contribution in [0.5, 0.6) is 0 Å². The molecule has 1 fully saturated rings. The highest BCUT2D eigenvalue weighted by molar-refractivity contribution is 7.85. The second-order valence-corrected chi connectivity index (χ2v) is 9.57. The van der Waals surface area contributed by atoms with Gasteiger partial charge in [0.2, 0.25) is 0 Å². The molecule has 2 aromatic carbocycles. The van der Waals surface area contributed by atoms with Crippen LogP contribution in [0.4, 0.5) is 5.69 Å². The Hall–Kier alpha value is -2.47. The zero-order valence-electron chi connectivity index (χ0n) is 17.1. The van der Waals surface area contributed by atoms with Gasteiger partial charge < -0.3 is 9.80 Å². The van der Waals surface area contributed by atoms with Crippen LogP contribution in [0.25, 0.3) is 0 Å². The number of nitrogens with zero attached hydrogens (tertiary/aromatic N) is 2. The van der Waals surface area contributed by atoms with Gasteiger partial charge in [0.05, 0.1) is 31.8 Å². The molecular weight excluding hydrogens is 384 g/mol. The Kier molecular flexibility index (Phi) is 5.30. The maximum Gasteiger partial charge on any atom is 0.259 e. The van der Waals surface area contributed by atoms with Crippen LogP contribution in [0, 0.1) is 11.8 Å². The molecular formula is C23H26N2O3S. The number of piperidine rings is 1. The van der Waals surface area contributed by atoms with E-state index < -0.39 is 10.8 Å². The SMILES string of the molecule is CCN1C(=O)c2ccccc2[S@@](=O)c2ccc(C(=O)N3C[C@H](C)C[C@@H](C)C3)cc21. The molecule has 152 valence electrons. The largest absolute Gasteiger partial charge is 0.338 e. The van der Waals surface area contributed by atoms with Gasteiger partial charge in [0.15, 0.2) is 0 Å². The number of anilines is 1. The fourth-order valence-electron chi connectivity index (χ4n) is 4.52. The van der Waals surface area contributed by atoms with Crippen LogP contribution in [0.1, 0.15) is 47.9 Å². The standard InChI is InChI=1S/C23H26N2O3S/c1-4-25-19-12-17(22(26)24-13-15(2)11-16(3)14-24)9-10-21(19)29(28)20-8-6-5-7-18(20)23(25)27/h5-10,12,15-16H,4,11,13-14H2,1-3H3/t15-,16-,29-/m1/s1. The lowest BCUT2D eigenvalue weighted by Crippen LogP contribution is -2.42. The van der Waals surface area contributed by atoms with Gasteiger partial charge >= 0.3 is 0 Å². The highest BCUT2D eigenvalue weighted by Crippen LogP contribution is 2.35. The second-order valence-electron chi connectivity index (χ2n) is 8.15. The molecule has 0 N–H and O–H groups in total. The summed E-state index contributed by atoms with van der Waals surface area (Å²) in [6.45, 7) is 8.16. The Bertz CT molecular complexity index is 993. The minimum Gasteiger partial charge on any atom is -0.338 e. The van der Waals surface area contributed by atoms with E-state index in [2.05, 4.69) is 13.8 Å². The van der Waals surface area contributed by atoms with Gasteiger partial charge in [0.25, 0.3) is 11.8 Å². The van der Waals surface area contributed by atoms with Crippen molar-refractivity contribution in [2.75, 3.05) is 24.5 Å². The summed E-state index contributed by atoms with van der Waals surface area (Å²) in [5, 5.41) is 0. The highest BCUT2D eigenvalue weighted by atomic mass is 32.2. The quantitative estimate of drug-likeness (QED) is 0.753. The van der Waals surface area contributed by atoms with E-state index in [1.165, 1.54) is 0 Å². The van der Waals surface area contributed by atoms with Crippen LogP contribution in [-0.2, 0) is 10.8 Å². The number of carbonyl (C=O) groups is 2. The van der Waals surface area contributed by atoms with Gasteiger partial charge in [-0.2, -0.15) is 0 Å². The second kappa shape index (κ2) is 7.75. The van der Waals surface area contributed by atoms with E-state index in [0.717, 1.165) is 19.5 Å². The van der Waals surface area contributed by atoms with E-state index in [-0.39, 0.29) is 11.8 Å². The number of amides is 2. The van der Waals surface area contributed by atoms with Gasteiger partial charge in [0, 0.05) is 25.2 Å². The first kappa shape index (κ1) is 19.8. The van der Waals surface area contributed by atoms with Gasteiger partial charge in [-0.3, -0.25) is 9.59 Å². The lowest BCUT2D eigenvalue weighted by molar-refractivity contribution is 0.0623. The van der Waals surface area contributed by atoms with E-state index in [1.807, 2.05) is 11.8 Å². The lowest BCUT2D eigenvalue weighted by Gasteiger charge is -2.35. The Labute approximate surface area is 174 Å². The van der Waals surface area contributed by atoms with E-state index in [0.29, 0.717) is 45.0 Å². The fraction of sp³-hybridized carbons (Fsp3) is 0.391. The Morgan fingerprint density at radius 1 is 1.07 bits per heavy atom. The number of fused-ring (bicyclic) bond motifs is 2. The molecule has 4 rings (SSSR count). The number of carbonyl (C=O) groups excluding carboxylic acids is 2. The molecule has 0 bridgehead atoms. The van der Waals surface area contributed by atoms with Gasteiger partial charge in [-0.25, -0.2) is 4.21 Å². The molecule has 2 aromatic rings. The minimum atomic E-state index is -1.48. The summed E-state index contributed by atoms with van der Waals surface area (Å²) in [4.78, 5) is 30.9. The molecule has 2 amide bonds. The molecule has 6 heteroatoms. The topological polar surface area (TPSA) is 57.7 Å². The number of benzene rings is 2. The summed E-state index contributed by atoms with van der Waals surface area (Å²) >= 11 is 0. The Morgan fingerprint density at radius 2 is 1.76 bits per heavy atom. The summed E-state index contributed by atoms with van der Waals surface area (Å²) in [5.74, 6) is 0.737. The molecule has 2 aliphatic heterocycles. The van der Waals surface area contributed by atoms with Crippen molar-refractivity contribution in [2.24, 2.45) is 11.8 Å². The zero-order chi connectivity index (χ0) is 20.7. The molecule has 2 heterocycles. The maximum absolute atomic E-state index is 13.2. The molecule has 3 atom stereocenters. The minimum absolute atomic E-state index is 0.0257. The van der Waals surface area contributed by atoms with Crippen LogP contribution in [0.15, 0.2) is 52.3 Å². The monoisotopic (exact) mass is 410 g/mol. The first-order valence-corrected chi connectivity index (χ1v) is 11.3. The summed E-state index contributed by atoms with van der Waals surface area (Å²) in [6, 6.07) is 12.3. The van der Waals surface area contributed by atoms with Crippen molar-refractivity contribution in [1.82, 2.24) is 4.90 Å². The zero-order valence-corrected chi connectivity index (χ0v) is 17.9. The van der Waals surface area contributed by atoms with Crippen LogP contribution in [0.3, 0.4) is 0 Å². The first-order chi connectivity index (χ1) is 13.9. The normalized spacial score (nSPS) is 24.0. The highest BCUT2D eigenvalue weighted by Gasteiger charge is 2.32. The lowest BCUT2D eigenvalue weighted by atomic mass is 9.91. The predicted octanol–water partition coefficient (Wildman–Crippen LogP) is 3.95. The van der Waals surface area contributed by atoms with E-state index >= 15 is 0 Å². The molecule has 0 radical (unpaired) electrons. The number of rotatable bonds is 2. The molecule has 0 unspecified atom stereocenters. The average Bonchev–Trinajstić information content (AvgIpc) is 2.80. The maximum atomic E-state index is 13.2. The average molecular weight is 411 g/mol. The third kappa shape index (κ3) is 3.50. The van der Waals surface area contributed by atoms with Crippen molar-refractivity contribution in [3.05, 3.63) is 53.6 Å². The van der Waals surface area contributed by atoms with E-state index in [9.17, 15) is 13.8 Å². The number of hydrogen-bond acceptors (Lipinski definition) is 3. The molecule has 2 aliphatic rings. The fourth-order valence-corrected chi connectivity index (χ4v) is 5.87. The smallest absolute Gasteiger partial charge is 0.259 e. The van der Waals surface area contributed by atoms with Gasteiger partial charge in [-0.05, 0) is 55.5 Å². The Morgan fingerprint density at radius 3 is 2.45 bits per heavy atom. The van der Waals surface area contributed by atoms with Crippen molar-refractivity contribution in [3.8, 4) is 0 Å². The van der Waals surface area contributed by atoms with E-state index in [1.54, 1.807) is 47.4 Å². The number of hydrogen-bond donors (Lipinski definition) is 0. The first-order valence-electron chi connectivity index (χ1n) is 10.2. The van der Waals surface area contributed by atoms with Crippen LogP contribution >= 0.6 is 0 Å². The van der Waals surface area contributed by atoms with Crippen molar-refractivity contribution in [2.45, 2.75) is 37.0 Å². The third-order valence-electron chi connectivity index (χ3n) is 5.73. The van der Waals surface area contributed by atoms with Crippen molar-refractivity contribution in [1.29, 1.82) is 0 Å². The third-order valence-corrected chi connectivity index (χ3v) is 7.23. The summed E-state index contributed by atoms with van der Waals surface area (Å²) in [6.07, 6.45) is 1.13. The van der Waals surface area contributed by atoms with Gasteiger partial charge in [0.1, 0.15) is 0 Å². The van der Waals surface area contributed by atoms with Crippen molar-refractivity contribution >= 4 is 28.3 Å².